The van der Waals surface area contributed by atoms with E-state index in [1.807, 2.05) is 13.8 Å². The lowest BCUT2D eigenvalue weighted by Gasteiger charge is -2.24. The molecule has 0 aliphatic heterocycles. The number of halogens is 2. The van der Waals surface area contributed by atoms with Crippen molar-refractivity contribution in [3.63, 3.8) is 0 Å². The molecule has 9 nitrogen and oxygen atoms in total. The lowest BCUT2D eigenvalue weighted by atomic mass is 9.83. The van der Waals surface area contributed by atoms with Crippen molar-refractivity contribution < 1.29 is 4.52 Å². The molecule has 30 heavy (non-hydrogen) atoms. The summed E-state index contributed by atoms with van der Waals surface area (Å²) in [4.78, 5) is 33.9. The molecule has 3 aromatic heterocycles. The normalized spacial score (nSPS) is 11.6. The molecule has 1 N–H and O–H groups in total. The Morgan fingerprint density at radius 2 is 1.77 bits per heavy atom. The van der Waals surface area contributed by atoms with E-state index in [0.717, 1.165) is 16.4 Å². The molecule has 152 valence electrons. The molecule has 4 aromatic rings. The van der Waals surface area contributed by atoms with Gasteiger partial charge in [0.25, 0.3) is 11.4 Å². The van der Waals surface area contributed by atoms with E-state index < -0.39 is 16.7 Å². The van der Waals surface area contributed by atoms with Crippen LogP contribution in [-0.4, -0.2) is 29.9 Å². The molecule has 0 saturated heterocycles. The van der Waals surface area contributed by atoms with Crippen LogP contribution in [0.1, 0.15) is 25.2 Å². The Hall–Kier alpha value is -3.30. The summed E-state index contributed by atoms with van der Waals surface area (Å²) in [6, 6.07) is 6.57. The van der Waals surface area contributed by atoms with Crippen LogP contribution < -0.4 is 11.2 Å². The number of hydrogen-bond acceptors (Lipinski definition) is 7. The van der Waals surface area contributed by atoms with Crippen LogP contribution >= 0.6 is 23.2 Å². The zero-order chi connectivity index (χ0) is 21.5. The molecule has 0 amide bonds. The van der Waals surface area contributed by atoms with Gasteiger partial charge in [-0.25, -0.2) is 4.79 Å². The highest BCUT2D eigenvalue weighted by molar-refractivity contribution is 6.36. The molecular weight excluding hydrogens is 431 g/mol. The van der Waals surface area contributed by atoms with Gasteiger partial charge in [0, 0.05) is 33.6 Å². The predicted octanol–water partition coefficient (Wildman–Crippen LogP) is 3.00. The standard InChI is InChI=1S/C19H14Cl2N6O3/c1-19(2,17-25-16(30-26-17)10-3-5-22-6-4-10)15-12(20)7-11(8-13(15)21)27-18(29)24-14(28)9-23-27/h3-9H,1-2H3,(H,24,28,29). The summed E-state index contributed by atoms with van der Waals surface area (Å²) in [5.74, 6) is 0.721. The van der Waals surface area contributed by atoms with E-state index in [4.69, 9.17) is 27.7 Å². The Labute approximate surface area is 179 Å². The van der Waals surface area contributed by atoms with Crippen molar-refractivity contribution in [1.29, 1.82) is 0 Å². The quantitative estimate of drug-likeness (QED) is 0.513. The van der Waals surface area contributed by atoms with Crippen LogP contribution in [0.5, 0.6) is 0 Å². The fourth-order valence-electron chi connectivity index (χ4n) is 3.02. The molecule has 0 fully saturated rings. The summed E-state index contributed by atoms with van der Waals surface area (Å²) in [5.41, 5.74) is -0.540. The molecule has 0 saturated carbocycles. The molecule has 3 heterocycles. The maximum Gasteiger partial charge on any atom is 0.349 e. The van der Waals surface area contributed by atoms with Crippen molar-refractivity contribution in [2.75, 3.05) is 0 Å². The zero-order valence-corrected chi connectivity index (χ0v) is 17.3. The number of aromatic amines is 1. The van der Waals surface area contributed by atoms with Gasteiger partial charge in [-0.1, -0.05) is 28.4 Å². The number of aromatic nitrogens is 6. The molecule has 0 atom stereocenters. The molecular formula is C19H14Cl2N6O3. The summed E-state index contributed by atoms with van der Waals surface area (Å²) >= 11 is 13.1. The first-order chi connectivity index (χ1) is 14.3. The van der Waals surface area contributed by atoms with Gasteiger partial charge in [0.05, 0.1) is 11.1 Å². The lowest BCUT2D eigenvalue weighted by molar-refractivity contribution is 0.408. The Morgan fingerprint density at radius 1 is 1.10 bits per heavy atom. The molecule has 0 aliphatic rings. The van der Waals surface area contributed by atoms with Crippen LogP contribution in [0.2, 0.25) is 10.0 Å². The first-order valence-electron chi connectivity index (χ1n) is 8.70. The number of nitrogens with one attached hydrogen (secondary N) is 1. The number of pyridine rings is 1. The van der Waals surface area contributed by atoms with Crippen LogP contribution in [0.3, 0.4) is 0 Å². The van der Waals surface area contributed by atoms with E-state index in [0.29, 0.717) is 23.0 Å². The Bertz CT molecular complexity index is 1320. The first kappa shape index (κ1) is 20.0. The van der Waals surface area contributed by atoms with Crippen molar-refractivity contribution in [2.45, 2.75) is 19.3 Å². The van der Waals surface area contributed by atoms with Gasteiger partial charge in [-0.3, -0.25) is 14.8 Å². The van der Waals surface area contributed by atoms with E-state index in [2.05, 4.69) is 25.2 Å². The van der Waals surface area contributed by atoms with Crippen molar-refractivity contribution in [3.8, 4) is 17.1 Å². The average Bonchev–Trinajstić information content (AvgIpc) is 3.19. The second-order valence-corrected chi connectivity index (χ2v) is 7.73. The molecule has 4 rings (SSSR count). The highest BCUT2D eigenvalue weighted by Gasteiger charge is 2.34. The van der Waals surface area contributed by atoms with Crippen LogP contribution in [0.15, 0.2) is 57.0 Å². The molecule has 1 aromatic carbocycles. The van der Waals surface area contributed by atoms with E-state index in [1.165, 1.54) is 12.1 Å². The maximum absolute atomic E-state index is 12.0. The van der Waals surface area contributed by atoms with Gasteiger partial charge in [-0.2, -0.15) is 14.8 Å². The highest BCUT2D eigenvalue weighted by Crippen LogP contribution is 2.40. The predicted molar refractivity (Wildman–Crippen MR) is 110 cm³/mol. The largest absolute Gasteiger partial charge is 0.349 e. The van der Waals surface area contributed by atoms with Crippen molar-refractivity contribution >= 4 is 23.2 Å². The third kappa shape index (κ3) is 3.53. The third-order valence-corrected chi connectivity index (χ3v) is 5.12. The molecule has 0 radical (unpaired) electrons. The van der Waals surface area contributed by atoms with Crippen molar-refractivity contribution in [1.82, 2.24) is 29.9 Å². The fourth-order valence-corrected chi connectivity index (χ4v) is 3.97. The van der Waals surface area contributed by atoms with Gasteiger partial charge in [0.1, 0.15) is 6.20 Å². The van der Waals surface area contributed by atoms with Crippen LogP contribution in [0.4, 0.5) is 0 Å². The minimum atomic E-state index is -0.815. The highest BCUT2D eigenvalue weighted by atomic mass is 35.5. The number of nitrogens with zero attached hydrogens (tertiary/aromatic N) is 5. The molecule has 0 spiro atoms. The van der Waals surface area contributed by atoms with Gasteiger partial charge < -0.3 is 4.52 Å². The maximum atomic E-state index is 12.0. The van der Waals surface area contributed by atoms with Gasteiger partial charge in [-0.15, -0.1) is 0 Å². The Morgan fingerprint density at radius 3 is 2.40 bits per heavy atom. The Kier molecular flexibility index (Phi) is 5.00. The van der Waals surface area contributed by atoms with Crippen molar-refractivity contribution in [3.05, 3.63) is 85.1 Å². The minimum Gasteiger partial charge on any atom is -0.334 e. The summed E-state index contributed by atoms with van der Waals surface area (Å²) in [6.45, 7) is 3.71. The number of rotatable bonds is 4. The van der Waals surface area contributed by atoms with Gasteiger partial charge >= 0.3 is 5.69 Å². The van der Waals surface area contributed by atoms with Crippen LogP contribution in [0, 0.1) is 0 Å². The van der Waals surface area contributed by atoms with Crippen molar-refractivity contribution in [2.24, 2.45) is 0 Å². The van der Waals surface area contributed by atoms with Gasteiger partial charge in [-0.05, 0) is 38.1 Å². The SMILES string of the molecule is CC(C)(c1noc(-c2ccncc2)n1)c1c(Cl)cc(-n2ncc(=O)[nH]c2=O)cc1Cl. The lowest BCUT2D eigenvalue weighted by Crippen LogP contribution is -2.30. The summed E-state index contributed by atoms with van der Waals surface area (Å²) in [5, 5.41) is 8.46. The Balaban J connectivity index is 1.77. The minimum absolute atomic E-state index is 0.276. The second kappa shape index (κ2) is 7.51. The second-order valence-electron chi connectivity index (χ2n) is 6.92. The van der Waals surface area contributed by atoms with E-state index in [-0.39, 0.29) is 10.0 Å². The van der Waals surface area contributed by atoms with E-state index in [1.54, 1.807) is 24.5 Å². The monoisotopic (exact) mass is 444 g/mol. The van der Waals surface area contributed by atoms with E-state index >= 15 is 0 Å². The zero-order valence-electron chi connectivity index (χ0n) is 15.8. The number of H-pyrrole nitrogens is 1. The average molecular weight is 445 g/mol. The smallest absolute Gasteiger partial charge is 0.334 e. The molecule has 11 heteroatoms. The number of benzene rings is 1. The summed E-state index contributed by atoms with van der Waals surface area (Å²) in [6.07, 6.45) is 4.24. The summed E-state index contributed by atoms with van der Waals surface area (Å²) < 4.78 is 6.39. The fraction of sp³-hybridized carbons (Fsp3) is 0.158. The molecule has 0 aliphatic carbocycles. The summed E-state index contributed by atoms with van der Waals surface area (Å²) in [7, 11) is 0. The number of hydrogen-bond donors (Lipinski definition) is 1. The topological polar surface area (TPSA) is 120 Å². The van der Waals surface area contributed by atoms with Gasteiger partial charge in [0.2, 0.25) is 0 Å². The van der Waals surface area contributed by atoms with Gasteiger partial charge in [0.15, 0.2) is 5.82 Å². The van der Waals surface area contributed by atoms with Crippen LogP contribution in [0.25, 0.3) is 17.1 Å². The molecule has 0 unspecified atom stereocenters. The third-order valence-electron chi connectivity index (χ3n) is 4.52. The molecule has 0 bridgehead atoms. The van der Waals surface area contributed by atoms with Crippen LogP contribution in [-0.2, 0) is 5.41 Å². The first-order valence-corrected chi connectivity index (χ1v) is 9.46. The van der Waals surface area contributed by atoms with E-state index in [9.17, 15) is 9.59 Å².